The predicted molar refractivity (Wildman–Crippen MR) is 138 cm³/mol. The van der Waals surface area contributed by atoms with Gasteiger partial charge in [0.05, 0.1) is 12.8 Å². The highest BCUT2D eigenvalue weighted by molar-refractivity contribution is 7.98. The largest absolute Gasteiger partial charge is 0.469 e. The van der Waals surface area contributed by atoms with Crippen molar-refractivity contribution in [1.29, 1.82) is 0 Å². The van der Waals surface area contributed by atoms with Crippen molar-refractivity contribution in [3.63, 3.8) is 0 Å². The van der Waals surface area contributed by atoms with Gasteiger partial charge in [0.1, 0.15) is 11.3 Å². The summed E-state index contributed by atoms with van der Waals surface area (Å²) < 4.78 is 7.52. The molecule has 0 saturated carbocycles. The summed E-state index contributed by atoms with van der Waals surface area (Å²) in [7, 11) is 0. The SMILES string of the molecule is C[C@@H](Cc1ccco1)NC(=O)c1ccc(Cn2c(SCc3ccccc3)nc3cccnc32)cc1. The van der Waals surface area contributed by atoms with E-state index in [0.29, 0.717) is 18.5 Å². The Hall–Kier alpha value is -3.84. The number of nitrogens with one attached hydrogen (secondary N) is 1. The van der Waals surface area contributed by atoms with Crippen molar-refractivity contribution < 1.29 is 9.21 Å². The second kappa shape index (κ2) is 10.6. The van der Waals surface area contributed by atoms with Crippen molar-refractivity contribution in [3.8, 4) is 0 Å². The zero-order valence-corrected chi connectivity index (χ0v) is 20.2. The molecule has 7 heteroatoms. The smallest absolute Gasteiger partial charge is 0.251 e. The summed E-state index contributed by atoms with van der Waals surface area (Å²) in [6.07, 6.45) is 4.09. The lowest BCUT2D eigenvalue weighted by Gasteiger charge is -2.13. The Morgan fingerprint density at radius 1 is 1.00 bits per heavy atom. The van der Waals surface area contributed by atoms with Crippen LogP contribution in [0.1, 0.15) is 34.2 Å². The first kappa shape index (κ1) is 22.9. The van der Waals surface area contributed by atoms with E-state index in [0.717, 1.165) is 33.4 Å². The summed E-state index contributed by atoms with van der Waals surface area (Å²) in [4.78, 5) is 22.1. The Labute approximate surface area is 208 Å². The number of thioether (sulfide) groups is 1. The maximum Gasteiger partial charge on any atom is 0.251 e. The van der Waals surface area contributed by atoms with Gasteiger partial charge in [-0.1, -0.05) is 54.2 Å². The molecule has 0 aliphatic rings. The van der Waals surface area contributed by atoms with Crippen molar-refractivity contribution >= 4 is 28.8 Å². The van der Waals surface area contributed by atoms with Crippen LogP contribution in [0.4, 0.5) is 0 Å². The van der Waals surface area contributed by atoms with Crippen LogP contribution in [0.3, 0.4) is 0 Å². The van der Waals surface area contributed by atoms with E-state index in [1.807, 2.05) is 61.5 Å². The van der Waals surface area contributed by atoms with Gasteiger partial charge in [-0.3, -0.25) is 9.36 Å². The number of rotatable bonds is 9. The summed E-state index contributed by atoms with van der Waals surface area (Å²) in [5, 5.41) is 3.96. The summed E-state index contributed by atoms with van der Waals surface area (Å²) in [5.41, 5.74) is 4.70. The third kappa shape index (κ3) is 5.63. The van der Waals surface area contributed by atoms with Crippen LogP contribution in [0.2, 0.25) is 0 Å². The molecule has 1 amide bonds. The van der Waals surface area contributed by atoms with Gasteiger partial charge in [0.2, 0.25) is 0 Å². The number of pyridine rings is 1. The number of benzene rings is 2. The Balaban J connectivity index is 1.29. The van der Waals surface area contributed by atoms with Crippen LogP contribution in [0.5, 0.6) is 0 Å². The van der Waals surface area contributed by atoms with Crippen molar-refractivity contribution in [2.24, 2.45) is 0 Å². The van der Waals surface area contributed by atoms with Crippen LogP contribution in [0.25, 0.3) is 11.2 Å². The fraction of sp³-hybridized carbons (Fsp3) is 0.179. The van der Waals surface area contributed by atoms with Gasteiger partial charge >= 0.3 is 0 Å². The quantitative estimate of drug-likeness (QED) is 0.272. The highest BCUT2D eigenvalue weighted by Crippen LogP contribution is 2.27. The van der Waals surface area contributed by atoms with Gasteiger partial charge in [-0.05, 0) is 54.4 Å². The molecule has 176 valence electrons. The number of carbonyl (C=O) groups excluding carboxylic acids is 1. The Morgan fingerprint density at radius 2 is 1.83 bits per heavy atom. The van der Waals surface area contributed by atoms with E-state index >= 15 is 0 Å². The Morgan fingerprint density at radius 3 is 2.60 bits per heavy atom. The number of furan rings is 1. The molecule has 0 saturated heterocycles. The molecule has 3 aromatic heterocycles. The molecule has 0 unspecified atom stereocenters. The van der Waals surface area contributed by atoms with E-state index in [-0.39, 0.29) is 11.9 Å². The molecule has 0 spiro atoms. The lowest BCUT2D eigenvalue weighted by molar-refractivity contribution is 0.0939. The second-order valence-corrected chi connectivity index (χ2v) is 9.40. The average molecular weight is 483 g/mol. The number of carbonyl (C=O) groups is 1. The second-order valence-electron chi connectivity index (χ2n) is 8.46. The number of nitrogens with zero attached hydrogens (tertiary/aromatic N) is 3. The minimum Gasteiger partial charge on any atom is -0.469 e. The van der Waals surface area contributed by atoms with Gasteiger partial charge in [-0.15, -0.1) is 0 Å². The minimum absolute atomic E-state index is 0.0269. The molecule has 2 aromatic carbocycles. The first-order valence-electron chi connectivity index (χ1n) is 11.6. The molecule has 0 bridgehead atoms. The van der Waals surface area contributed by atoms with E-state index in [9.17, 15) is 4.79 Å². The average Bonchev–Trinajstić information content (AvgIpc) is 3.51. The highest BCUT2D eigenvalue weighted by Gasteiger charge is 2.15. The van der Waals surface area contributed by atoms with Gasteiger partial charge < -0.3 is 9.73 Å². The molecule has 5 aromatic rings. The third-order valence-corrected chi connectivity index (χ3v) is 6.75. The fourth-order valence-corrected chi connectivity index (χ4v) is 4.90. The molecule has 5 rings (SSSR count). The Kier molecular flexibility index (Phi) is 6.95. The van der Waals surface area contributed by atoms with Crippen LogP contribution in [0.15, 0.2) is 101 Å². The zero-order valence-electron chi connectivity index (χ0n) is 19.4. The molecule has 35 heavy (non-hydrogen) atoms. The predicted octanol–water partition coefficient (Wildman–Crippen LogP) is 5.73. The van der Waals surface area contributed by atoms with Crippen LogP contribution in [0, 0.1) is 0 Å². The molecule has 0 radical (unpaired) electrons. The fourth-order valence-electron chi connectivity index (χ4n) is 3.95. The number of hydrogen-bond acceptors (Lipinski definition) is 5. The summed E-state index contributed by atoms with van der Waals surface area (Å²) >= 11 is 1.70. The molecule has 3 heterocycles. The normalized spacial score (nSPS) is 12.0. The monoisotopic (exact) mass is 482 g/mol. The summed E-state index contributed by atoms with van der Waals surface area (Å²) in [5.74, 6) is 1.60. The maximum atomic E-state index is 12.7. The van der Waals surface area contributed by atoms with Crippen LogP contribution < -0.4 is 5.32 Å². The standard InChI is InChI=1S/C28H26N4O2S/c1-20(17-24-9-6-16-34-24)30-27(33)23-13-11-21(12-14-23)18-32-26-25(10-5-15-29-26)31-28(32)35-19-22-7-3-2-4-8-22/h2-16,20H,17-19H2,1H3,(H,30,33)/t20-/m0/s1. The summed E-state index contributed by atoms with van der Waals surface area (Å²) in [6.45, 7) is 2.60. The zero-order chi connectivity index (χ0) is 24.0. The van der Waals surface area contributed by atoms with E-state index in [2.05, 4.69) is 39.1 Å². The summed E-state index contributed by atoms with van der Waals surface area (Å²) in [6, 6.07) is 25.7. The topological polar surface area (TPSA) is 73.0 Å². The minimum atomic E-state index is -0.0931. The lowest BCUT2D eigenvalue weighted by Crippen LogP contribution is -2.33. The van der Waals surface area contributed by atoms with Gasteiger partial charge in [0, 0.05) is 30.0 Å². The molecule has 0 fully saturated rings. The van der Waals surface area contributed by atoms with Crippen molar-refractivity contribution in [2.45, 2.75) is 36.8 Å². The van der Waals surface area contributed by atoms with E-state index in [4.69, 9.17) is 9.40 Å². The molecular weight excluding hydrogens is 456 g/mol. The number of fused-ring (bicyclic) bond motifs is 1. The molecule has 0 aliphatic carbocycles. The molecule has 6 nitrogen and oxygen atoms in total. The Bertz CT molecular complexity index is 1400. The van der Waals surface area contributed by atoms with Gasteiger partial charge in [0.15, 0.2) is 10.8 Å². The molecule has 1 N–H and O–H groups in total. The number of imidazole rings is 1. The number of amides is 1. The first-order valence-corrected chi connectivity index (χ1v) is 12.5. The van der Waals surface area contributed by atoms with Crippen molar-refractivity contribution in [1.82, 2.24) is 19.9 Å². The molecular formula is C28H26N4O2S. The third-order valence-electron chi connectivity index (χ3n) is 5.70. The van der Waals surface area contributed by atoms with Crippen LogP contribution in [-0.2, 0) is 18.7 Å². The van der Waals surface area contributed by atoms with E-state index in [1.165, 1.54) is 5.56 Å². The van der Waals surface area contributed by atoms with Crippen LogP contribution in [-0.4, -0.2) is 26.5 Å². The van der Waals surface area contributed by atoms with Gasteiger partial charge in [-0.25, -0.2) is 9.97 Å². The van der Waals surface area contributed by atoms with Crippen molar-refractivity contribution in [2.75, 3.05) is 0 Å². The number of hydrogen-bond donors (Lipinski definition) is 1. The van der Waals surface area contributed by atoms with Crippen molar-refractivity contribution in [3.05, 3.63) is 114 Å². The number of aromatic nitrogens is 3. The highest BCUT2D eigenvalue weighted by atomic mass is 32.2. The van der Waals surface area contributed by atoms with E-state index < -0.39 is 0 Å². The van der Waals surface area contributed by atoms with E-state index in [1.54, 1.807) is 24.2 Å². The van der Waals surface area contributed by atoms with Crippen LogP contribution >= 0.6 is 11.8 Å². The lowest BCUT2D eigenvalue weighted by atomic mass is 10.1. The first-order chi connectivity index (χ1) is 17.2. The van der Waals surface area contributed by atoms with Gasteiger partial charge in [-0.2, -0.15) is 0 Å². The molecule has 1 atom stereocenters. The van der Waals surface area contributed by atoms with Gasteiger partial charge in [0.25, 0.3) is 5.91 Å². The maximum absolute atomic E-state index is 12.7. The molecule has 0 aliphatic heterocycles.